The monoisotopic (exact) mass is 222 g/mol. The molecule has 0 bridgehead atoms. The predicted octanol–water partition coefficient (Wildman–Crippen LogP) is 1.95. The topological polar surface area (TPSA) is 32.7 Å². The summed E-state index contributed by atoms with van der Waals surface area (Å²) in [5.41, 5.74) is 0.898. The SMILES string of the molecule is CC(=O)N1CCN=C1c1cccc(Cl)c1. The van der Waals surface area contributed by atoms with Gasteiger partial charge >= 0.3 is 0 Å². The van der Waals surface area contributed by atoms with Gasteiger partial charge in [0.15, 0.2) is 0 Å². The predicted molar refractivity (Wildman–Crippen MR) is 60.2 cm³/mol. The minimum absolute atomic E-state index is 0.0197. The maximum atomic E-state index is 11.3. The van der Waals surface area contributed by atoms with Gasteiger partial charge in [-0.3, -0.25) is 14.7 Å². The van der Waals surface area contributed by atoms with Gasteiger partial charge in [-0.2, -0.15) is 0 Å². The maximum Gasteiger partial charge on any atom is 0.225 e. The van der Waals surface area contributed by atoms with E-state index in [4.69, 9.17) is 11.6 Å². The van der Waals surface area contributed by atoms with E-state index in [0.29, 0.717) is 18.1 Å². The average molecular weight is 223 g/mol. The van der Waals surface area contributed by atoms with Gasteiger partial charge in [-0.15, -0.1) is 0 Å². The third kappa shape index (κ3) is 2.02. The third-order valence-corrected chi connectivity index (χ3v) is 2.54. The van der Waals surface area contributed by atoms with Gasteiger partial charge < -0.3 is 0 Å². The van der Waals surface area contributed by atoms with E-state index in [1.165, 1.54) is 0 Å². The molecule has 0 radical (unpaired) electrons. The first kappa shape index (κ1) is 10.2. The molecule has 0 spiro atoms. The zero-order chi connectivity index (χ0) is 10.8. The standard InChI is InChI=1S/C11H11ClN2O/c1-8(15)14-6-5-13-11(14)9-3-2-4-10(12)7-9/h2-4,7H,5-6H2,1H3. The zero-order valence-corrected chi connectivity index (χ0v) is 9.16. The molecule has 1 aromatic carbocycles. The molecule has 3 nitrogen and oxygen atoms in total. The Hall–Kier alpha value is -1.35. The van der Waals surface area contributed by atoms with Crippen LogP contribution < -0.4 is 0 Å². The number of rotatable bonds is 1. The first-order valence-electron chi connectivity index (χ1n) is 4.77. The van der Waals surface area contributed by atoms with Crippen LogP contribution in [0.4, 0.5) is 0 Å². The van der Waals surface area contributed by atoms with Gasteiger partial charge in [0.05, 0.1) is 6.54 Å². The molecule has 1 aliphatic heterocycles. The Labute approximate surface area is 93.4 Å². The van der Waals surface area contributed by atoms with Crippen LogP contribution in [0.15, 0.2) is 29.3 Å². The van der Waals surface area contributed by atoms with Gasteiger partial charge in [-0.05, 0) is 12.1 Å². The molecule has 0 saturated heterocycles. The van der Waals surface area contributed by atoms with Crippen LogP contribution in [0.3, 0.4) is 0 Å². The second-order valence-electron chi connectivity index (χ2n) is 3.39. The quantitative estimate of drug-likeness (QED) is 0.715. The highest BCUT2D eigenvalue weighted by Gasteiger charge is 2.21. The summed E-state index contributed by atoms with van der Waals surface area (Å²) >= 11 is 5.89. The number of amides is 1. The van der Waals surface area contributed by atoms with Crippen LogP contribution in [0.1, 0.15) is 12.5 Å². The molecule has 0 aromatic heterocycles. The number of halogens is 1. The molecule has 0 aliphatic carbocycles. The molecule has 1 amide bonds. The Morgan fingerprint density at radius 2 is 2.33 bits per heavy atom. The fraction of sp³-hybridized carbons (Fsp3) is 0.273. The molecule has 1 aromatic rings. The van der Waals surface area contributed by atoms with E-state index in [0.717, 1.165) is 11.4 Å². The van der Waals surface area contributed by atoms with E-state index in [9.17, 15) is 4.79 Å². The van der Waals surface area contributed by atoms with Crippen molar-refractivity contribution < 1.29 is 4.79 Å². The summed E-state index contributed by atoms with van der Waals surface area (Å²) in [5, 5.41) is 0.658. The molecular formula is C11H11ClN2O. The molecule has 1 heterocycles. The molecule has 0 unspecified atom stereocenters. The van der Waals surface area contributed by atoms with Crippen LogP contribution in [-0.4, -0.2) is 29.7 Å². The van der Waals surface area contributed by atoms with Gasteiger partial charge in [0.25, 0.3) is 0 Å². The second kappa shape index (κ2) is 4.03. The summed E-state index contributed by atoms with van der Waals surface area (Å²) in [6.45, 7) is 2.88. The molecular weight excluding hydrogens is 212 g/mol. The molecule has 0 atom stereocenters. The van der Waals surface area contributed by atoms with E-state index in [1.807, 2.05) is 18.2 Å². The fourth-order valence-corrected chi connectivity index (χ4v) is 1.82. The van der Waals surface area contributed by atoms with Crippen molar-refractivity contribution in [3.8, 4) is 0 Å². The highest BCUT2D eigenvalue weighted by Crippen LogP contribution is 2.16. The number of hydrogen-bond donors (Lipinski definition) is 0. The van der Waals surface area contributed by atoms with Crippen molar-refractivity contribution in [2.45, 2.75) is 6.92 Å². The summed E-state index contributed by atoms with van der Waals surface area (Å²) in [5.74, 6) is 0.747. The van der Waals surface area contributed by atoms with Crippen LogP contribution in [0.25, 0.3) is 0 Å². The van der Waals surface area contributed by atoms with E-state index < -0.39 is 0 Å². The summed E-state index contributed by atoms with van der Waals surface area (Å²) in [4.78, 5) is 17.3. The molecule has 15 heavy (non-hydrogen) atoms. The third-order valence-electron chi connectivity index (χ3n) is 2.30. The average Bonchev–Trinajstić information content (AvgIpc) is 2.65. The summed E-state index contributed by atoms with van der Waals surface area (Å²) in [7, 11) is 0. The van der Waals surface area contributed by atoms with Crippen molar-refractivity contribution in [3.05, 3.63) is 34.9 Å². The van der Waals surface area contributed by atoms with Crippen molar-refractivity contribution in [1.82, 2.24) is 4.90 Å². The Bertz CT molecular complexity index is 428. The summed E-state index contributed by atoms with van der Waals surface area (Å²) < 4.78 is 0. The minimum atomic E-state index is 0.0197. The normalized spacial score (nSPS) is 15.3. The zero-order valence-electron chi connectivity index (χ0n) is 8.40. The number of nitrogens with zero attached hydrogens (tertiary/aromatic N) is 2. The van der Waals surface area contributed by atoms with Crippen molar-refractivity contribution in [2.75, 3.05) is 13.1 Å². The number of carbonyl (C=O) groups is 1. The van der Waals surface area contributed by atoms with Crippen LogP contribution >= 0.6 is 11.6 Å². The fourth-order valence-electron chi connectivity index (χ4n) is 1.63. The molecule has 0 fully saturated rings. The van der Waals surface area contributed by atoms with E-state index in [1.54, 1.807) is 17.9 Å². The molecule has 2 rings (SSSR count). The lowest BCUT2D eigenvalue weighted by atomic mass is 10.2. The largest absolute Gasteiger partial charge is 0.295 e. The Morgan fingerprint density at radius 1 is 1.53 bits per heavy atom. The van der Waals surface area contributed by atoms with Crippen LogP contribution in [0.5, 0.6) is 0 Å². The van der Waals surface area contributed by atoms with Crippen LogP contribution in [0.2, 0.25) is 5.02 Å². The van der Waals surface area contributed by atoms with Crippen LogP contribution in [-0.2, 0) is 4.79 Å². The lowest BCUT2D eigenvalue weighted by Gasteiger charge is -2.16. The lowest BCUT2D eigenvalue weighted by Crippen LogP contribution is -2.32. The van der Waals surface area contributed by atoms with Crippen molar-refractivity contribution in [2.24, 2.45) is 4.99 Å². The molecule has 78 valence electrons. The summed E-state index contributed by atoms with van der Waals surface area (Å²) in [6.07, 6.45) is 0. The maximum absolute atomic E-state index is 11.3. The highest BCUT2D eigenvalue weighted by molar-refractivity contribution is 6.31. The lowest BCUT2D eigenvalue weighted by molar-refractivity contribution is -0.124. The first-order valence-corrected chi connectivity index (χ1v) is 5.15. The van der Waals surface area contributed by atoms with E-state index >= 15 is 0 Å². The van der Waals surface area contributed by atoms with Gasteiger partial charge in [0.2, 0.25) is 5.91 Å². The Kier molecular flexibility index (Phi) is 2.73. The first-order chi connectivity index (χ1) is 7.18. The number of amidine groups is 1. The molecule has 0 N–H and O–H groups in total. The number of hydrogen-bond acceptors (Lipinski definition) is 2. The Morgan fingerprint density at radius 3 is 3.00 bits per heavy atom. The number of aliphatic imine (C=N–C) groups is 1. The smallest absolute Gasteiger partial charge is 0.225 e. The minimum Gasteiger partial charge on any atom is -0.295 e. The van der Waals surface area contributed by atoms with Gasteiger partial charge in [0, 0.05) is 24.1 Å². The number of benzene rings is 1. The van der Waals surface area contributed by atoms with Crippen molar-refractivity contribution in [1.29, 1.82) is 0 Å². The van der Waals surface area contributed by atoms with E-state index in [2.05, 4.69) is 4.99 Å². The summed E-state index contributed by atoms with van der Waals surface area (Å²) in [6, 6.07) is 7.39. The molecule has 4 heteroatoms. The Balaban J connectivity index is 2.35. The highest BCUT2D eigenvalue weighted by atomic mass is 35.5. The van der Waals surface area contributed by atoms with Gasteiger partial charge in [-0.1, -0.05) is 23.7 Å². The van der Waals surface area contributed by atoms with Gasteiger partial charge in [-0.25, -0.2) is 0 Å². The van der Waals surface area contributed by atoms with Crippen molar-refractivity contribution in [3.63, 3.8) is 0 Å². The van der Waals surface area contributed by atoms with Gasteiger partial charge in [0.1, 0.15) is 5.84 Å². The second-order valence-corrected chi connectivity index (χ2v) is 3.82. The van der Waals surface area contributed by atoms with Crippen LogP contribution in [0, 0.1) is 0 Å². The van der Waals surface area contributed by atoms with E-state index in [-0.39, 0.29) is 5.91 Å². The van der Waals surface area contributed by atoms with Crippen molar-refractivity contribution >= 4 is 23.3 Å². The molecule has 1 aliphatic rings. The number of carbonyl (C=O) groups excluding carboxylic acids is 1. The molecule has 0 saturated carbocycles.